The Bertz CT molecular complexity index is 785. The molecule has 1 aliphatic rings. The van der Waals surface area contributed by atoms with E-state index in [2.05, 4.69) is 42.2 Å². The summed E-state index contributed by atoms with van der Waals surface area (Å²) in [6, 6.07) is 10.3. The summed E-state index contributed by atoms with van der Waals surface area (Å²) in [5.41, 5.74) is 1.79. The predicted octanol–water partition coefficient (Wildman–Crippen LogP) is 3.26. The Morgan fingerprint density at radius 3 is 2.92 bits per heavy atom. The van der Waals surface area contributed by atoms with E-state index in [1.807, 2.05) is 43.3 Å². The first-order valence-electron chi connectivity index (χ1n) is 8.28. The smallest absolute Gasteiger partial charge is 0.226 e. The van der Waals surface area contributed by atoms with Gasteiger partial charge in [0.25, 0.3) is 0 Å². The molecule has 2 aromatic rings. The first kappa shape index (κ1) is 17.5. The summed E-state index contributed by atoms with van der Waals surface area (Å²) in [5.74, 6) is 1.56. The van der Waals surface area contributed by atoms with Gasteiger partial charge in [-0.15, -0.1) is 0 Å². The van der Waals surface area contributed by atoms with E-state index in [4.69, 9.17) is 5.26 Å². The van der Waals surface area contributed by atoms with Crippen LogP contribution >= 0.6 is 15.9 Å². The Hall–Kier alpha value is -2.33. The van der Waals surface area contributed by atoms with Gasteiger partial charge in [0.2, 0.25) is 5.95 Å². The third kappa shape index (κ3) is 4.20. The van der Waals surface area contributed by atoms with Crippen LogP contribution in [0.15, 0.2) is 34.9 Å². The average Bonchev–Trinajstić information content (AvgIpc) is 2.62. The molecule has 1 unspecified atom stereocenters. The lowest BCUT2D eigenvalue weighted by atomic mass is 10.0. The van der Waals surface area contributed by atoms with Crippen LogP contribution in [0.4, 0.5) is 17.5 Å². The SMILES string of the molecule is CN(C)c1nccc(NC2CCCN(c3ccc(C#N)c(Br)c3)C2)n1. The summed E-state index contributed by atoms with van der Waals surface area (Å²) in [5, 5.41) is 12.6. The number of benzene rings is 1. The standard InChI is InChI=1S/C18H21BrN6/c1-24(2)18-21-8-7-17(23-18)22-14-4-3-9-25(12-14)15-6-5-13(11-20)16(19)10-15/h5-8,10,14H,3-4,9,12H2,1-2H3,(H,21,22,23). The molecule has 0 spiro atoms. The highest BCUT2D eigenvalue weighted by Crippen LogP contribution is 2.27. The van der Waals surface area contributed by atoms with Gasteiger partial charge in [0.05, 0.1) is 5.56 Å². The molecule has 130 valence electrons. The molecule has 0 aliphatic carbocycles. The lowest BCUT2D eigenvalue weighted by molar-refractivity contribution is 0.529. The lowest BCUT2D eigenvalue weighted by Crippen LogP contribution is -2.42. The van der Waals surface area contributed by atoms with Crippen molar-refractivity contribution in [3.63, 3.8) is 0 Å². The van der Waals surface area contributed by atoms with Crippen molar-refractivity contribution in [3.8, 4) is 6.07 Å². The molecule has 1 N–H and O–H groups in total. The van der Waals surface area contributed by atoms with Crippen LogP contribution in [0, 0.1) is 11.3 Å². The van der Waals surface area contributed by atoms with Crippen LogP contribution in [0.2, 0.25) is 0 Å². The van der Waals surface area contributed by atoms with Gasteiger partial charge in [0.15, 0.2) is 0 Å². The maximum atomic E-state index is 9.07. The third-order valence-corrected chi connectivity index (χ3v) is 4.91. The molecule has 1 aromatic carbocycles. The highest BCUT2D eigenvalue weighted by atomic mass is 79.9. The van der Waals surface area contributed by atoms with Crippen molar-refractivity contribution < 1.29 is 0 Å². The molecule has 1 aromatic heterocycles. The minimum absolute atomic E-state index is 0.327. The second kappa shape index (κ2) is 7.70. The Labute approximate surface area is 156 Å². The van der Waals surface area contributed by atoms with Crippen molar-refractivity contribution in [2.75, 3.05) is 42.3 Å². The van der Waals surface area contributed by atoms with Gasteiger partial charge in [-0.2, -0.15) is 10.2 Å². The molecule has 0 amide bonds. The monoisotopic (exact) mass is 400 g/mol. The number of nitrogens with zero attached hydrogens (tertiary/aromatic N) is 5. The molecule has 6 nitrogen and oxygen atoms in total. The topological polar surface area (TPSA) is 68.1 Å². The minimum Gasteiger partial charge on any atom is -0.369 e. The normalized spacial score (nSPS) is 17.0. The quantitative estimate of drug-likeness (QED) is 0.849. The molecule has 7 heteroatoms. The van der Waals surface area contributed by atoms with Crippen LogP contribution in [0.1, 0.15) is 18.4 Å². The van der Waals surface area contributed by atoms with Crippen molar-refractivity contribution >= 4 is 33.4 Å². The molecular formula is C18H21BrN6. The predicted molar refractivity (Wildman–Crippen MR) is 104 cm³/mol. The molecule has 3 rings (SSSR count). The fourth-order valence-corrected chi connectivity index (χ4v) is 3.43. The third-order valence-electron chi connectivity index (χ3n) is 4.25. The second-order valence-electron chi connectivity index (χ2n) is 6.34. The Morgan fingerprint density at radius 1 is 1.36 bits per heavy atom. The lowest BCUT2D eigenvalue weighted by Gasteiger charge is -2.35. The van der Waals surface area contributed by atoms with Gasteiger partial charge >= 0.3 is 0 Å². The van der Waals surface area contributed by atoms with Crippen LogP contribution in [0.25, 0.3) is 0 Å². The molecule has 1 saturated heterocycles. The Morgan fingerprint density at radius 2 is 2.20 bits per heavy atom. The zero-order valence-corrected chi connectivity index (χ0v) is 16.0. The number of hydrogen-bond acceptors (Lipinski definition) is 6. The fraction of sp³-hybridized carbons (Fsp3) is 0.389. The largest absolute Gasteiger partial charge is 0.369 e. The van der Waals surface area contributed by atoms with Crippen LogP contribution in [-0.2, 0) is 0 Å². The van der Waals surface area contributed by atoms with Crippen LogP contribution < -0.4 is 15.1 Å². The van der Waals surface area contributed by atoms with E-state index in [0.717, 1.165) is 41.9 Å². The molecule has 2 heterocycles. The van der Waals surface area contributed by atoms with Crippen LogP contribution in [0.5, 0.6) is 0 Å². The van der Waals surface area contributed by atoms with Gasteiger partial charge in [0.1, 0.15) is 11.9 Å². The van der Waals surface area contributed by atoms with E-state index in [1.165, 1.54) is 0 Å². The number of nitriles is 1. The van der Waals surface area contributed by atoms with Gasteiger partial charge in [-0.05, 0) is 53.0 Å². The molecule has 0 radical (unpaired) electrons. The van der Waals surface area contributed by atoms with Gasteiger partial charge in [0, 0.05) is 49.6 Å². The van der Waals surface area contributed by atoms with E-state index >= 15 is 0 Å². The summed E-state index contributed by atoms with van der Waals surface area (Å²) < 4.78 is 0.842. The molecule has 1 fully saturated rings. The summed E-state index contributed by atoms with van der Waals surface area (Å²) in [6.07, 6.45) is 4.00. The first-order chi connectivity index (χ1) is 12.1. The van der Waals surface area contributed by atoms with E-state index < -0.39 is 0 Å². The van der Waals surface area contributed by atoms with E-state index in [-0.39, 0.29) is 0 Å². The number of aromatic nitrogens is 2. The minimum atomic E-state index is 0.327. The Balaban J connectivity index is 1.70. The van der Waals surface area contributed by atoms with Crippen LogP contribution in [0.3, 0.4) is 0 Å². The number of piperidine rings is 1. The molecule has 1 atom stereocenters. The zero-order valence-electron chi connectivity index (χ0n) is 14.4. The summed E-state index contributed by atoms with van der Waals surface area (Å²) in [6.45, 7) is 1.92. The van der Waals surface area contributed by atoms with Gasteiger partial charge in [-0.3, -0.25) is 0 Å². The molecule has 0 bridgehead atoms. The highest BCUT2D eigenvalue weighted by molar-refractivity contribution is 9.10. The fourth-order valence-electron chi connectivity index (χ4n) is 2.97. The van der Waals surface area contributed by atoms with Crippen LogP contribution in [-0.4, -0.2) is 43.2 Å². The van der Waals surface area contributed by atoms with Crippen molar-refractivity contribution in [1.29, 1.82) is 5.26 Å². The van der Waals surface area contributed by atoms with Crippen molar-refractivity contribution in [1.82, 2.24) is 9.97 Å². The number of nitrogens with one attached hydrogen (secondary N) is 1. The van der Waals surface area contributed by atoms with E-state index in [0.29, 0.717) is 17.6 Å². The highest BCUT2D eigenvalue weighted by Gasteiger charge is 2.21. The summed E-state index contributed by atoms with van der Waals surface area (Å²) >= 11 is 3.48. The maximum absolute atomic E-state index is 9.07. The molecular weight excluding hydrogens is 380 g/mol. The summed E-state index contributed by atoms with van der Waals surface area (Å²) in [4.78, 5) is 13.0. The number of hydrogen-bond donors (Lipinski definition) is 1. The second-order valence-corrected chi connectivity index (χ2v) is 7.20. The van der Waals surface area contributed by atoms with Crippen molar-refractivity contribution in [2.24, 2.45) is 0 Å². The van der Waals surface area contributed by atoms with Gasteiger partial charge in [-0.25, -0.2) is 4.98 Å². The van der Waals surface area contributed by atoms with E-state index in [1.54, 1.807) is 6.20 Å². The summed E-state index contributed by atoms with van der Waals surface area (Å²) in [7, 11) is 3.87. The molecule has 0 saturated carbocycles. The number of anilines is 3. The molecule has 1 aliphatic heterocycles. The van der Waals surface area contributed by atoms with Crippen molar-refractivity contribution in [2.45, 2.75) is 18.9 Å². The maximum Gasteiger partial charge on any atom is 0.226 e. The van der Waals surface area contributed by atoms with Crippen molar-refractivity contribution in [3.05, 3.63) is 40.5 Å². The molecule has 25 heavy (non-hydrogen) atoms. The number of rotatable bonds is 4. The van der Waals surface area contributed by atoms with Gasteiger partial charge in [-0.1, -0.05) is 0 Å². The van der Waals surface area contributed by atoms with E-state index in [9.17, 15) is 0 Å². The average molecular weight is 401 g/mol. The Kier molecular flexibility index (Phi) is 5.39. The first-order valence-corrected chi connectivity index (χ1v) is 9.07. The van der Waals surface area contributed by atoms with Gasteiger partial charge < -0.3 is 15.1 Å². The number of halogens is 1. The zero-order chi connectivity index (χ0) is 17.8.